The number of hydrogen-bond donors (Lipinski definition) is 2. The van der Waals surface area contributed by atoms with Crippen LogP contribution in [0.2, 0.25) is 0 Å². The average Bonchev–Trinajstić information content (AvgIpc) is 2.78. The summed E-state index contributed by atoms with van der Waals surface area (Å²) in [5, 5.41) is 5.70. The zero-order valence-electron chi connectivity index (χ0n) is 19.0. The van der Waals surface area contributed by atoms with E-state index in [1.807, 2.05) is 39.0 Å². The molecule has 2 N–H and O–H groups in total. The zero-order chi connectivity index (χ0) is 23.0. The van der Waals surface area contributed by atoms with Crippen molar-refractivity contribution in [1.29, 1.82) is 0 Å². The Bertz CT molecular complexity index is 1010. The first-order valence-corrected chi connectivity index (χ1v) is 11.0. The molecule has 2 aromatic carbocycles. The van der Waals surface area contributed by atoms with Crippen LogP contribution in [-0.2, 0) is 16.0 Å². The molecule has 0 radical (unpaired) electrons. The van der Waals surface area contributed by atoms with Gasteiger partial charge in [0.2, 0.25) is 11.8 Å². The van der Waals surface area contributed by atoms with Crippen LogP contribution in [-0.4, -0.2) is 22.8 Å². The lowest BCUT2D eigenvalue weighted by Crippen LogP contribution is -2.51. The first kappa shape index (κ1) is 23.2. The lowest BCUT2D eigenvalue weighted by atomic mass is 9.86. The van der Waals surface area contributed by atoms with E-state index in [1.165, 1.54) is 16.7 Å². The first-order chi connectivity index (χ1) is 15.3. The van der Waals surface area contributed by atoms with Gasteiger partial charge < -0.3 is 10.6 Å². The van der Waals surface area contributed by atoms with Gasteiger partial charge in [0.15, 0.2) is 0 Å². The number of rotatable bonds is 8. The molecule has 0 saturated heterocycles. The highest BCUT2D eigenvalue weighted by molar-refractivity contribution is 5.97. The van der Waals surface area contributed by atoms with E-state index >= 15 is 0 Å². The topological polar surface area (TPSA) is 71.1 Å². The molecule has 0 aliphatic carbocycles. The third-order valence-electron chi connectivity index (χ3n) is 5.28. The summed E-state index contributed by atoms with van der Waals surface area (Å²) in [4.78, 5) is 29.5. The smallest absolute Gasteiger partial charge is 0.248 e. The molecule has 0 fully saturated rings. The van der Waals surface area contributed by atoms with Gasteiger partial charge in [-0.1, -0.05) is 81.4 Å². The summed E-state index contributed by atoms with van der Waals surface area (Å²) in [6.07, 6.45) is 3.51. The van der Waals surface area contributed by atoms with E-state index in [-0.39, 0.29) is 11.8 Å². The van der Waals surface area contributed by atoms with Gasteiger partial charge in [-0.3, -0.25) is 9.59 Å². The number of benzene rings is 2. The molecule has 3 aromatic rings. The Kier molecular flexibility index (Phi) is 7.77. The minimum atomic E-state index is -0.651. The molecule has 1 aromatic heterocycles. The number of anilines is 1. The lowest BCUT2D eigenvalue weighted by molar-refractivity contribution is -0.128. The van der Waals surface area contributed by atoms with E-state index in [4.69, 9.17) is 0 Å². The van der Waals surface area contributed by atoms with Crippen molar-refractivity contribution < 1.29 is 9.59 Å². The molecule has 0 aliphatic rings. The van der Waals surface area contributed by atoms with Crippen molar-refractivity contribution in [1.82, 2.24) is 10.3 Å². The number of aryl methyl sites for hydroxylation is 1. The quantitative estimate of drug-likeness (QED) is 0.514. The second-order valence-corrected chi connectivity index (χ2v) is 8.99. The van der Waals surface area contributed by atoms with Gasteiger partial charge >= 0.3 is 0 Å². The van der Waals surface area contributed by atoms with Gasteiger partial charge in [-0.15, -0.1) is 0 Å². The summed E-state index contributed by atoms with van der Waals surface area (Å²) in [5.74, 6) is 0.0861. The molecule has 166 valence electrons. The van der Waals surface area contributed by atoms with Crippen LogP contribution in [0.1, 0.15) is 39.2 Å². The number of carbonyl (C=O) groups is 2. The SMILES string of the molecule is CC(C)(C)[C@H](NC(=O)CCCc1ccc(-c2ccccc2)cc1)C(=O)Nc1ccccn1. The van der Waals surface area contributed by atoms with Gasteiger partial charge in [0.1, 0.15) is 11.9 Å². The molecule has 5 heteroatoms. The highest BCUT2D eigenvalue weighted by Gasteiger charge is 2.32. The molecule has 32 heavy (non-hydrogen) atoms. The van der Waals surface area contributed by atoms with Gasteiger partial charge in [-0.2, -0.15) is 0 Å². The number of nitrogens with zero attached hydrogens (tertiary/aromatic N) is 1. The highest BCUT2D eigenvalue weighted by Crippen LogP contribution is 2.22. The number of nitrogens with one attached hydrogen (secondary N) is 2. The molecule has 3 rings (SSSR count). The Morgan fingerprint density at radius 3 is 2.16 bits per heavy atom. The van der Waals surface area contributed by atoms with E-state index in [1.54, 1.807) is 24.4 Å². The second-order valence-electron chi connectivity index (χ2n) is 8.99. The molecule has 1 atom stereocenters. The molecule has 5 nitrogen and oxygen atoms in total. The Labute approximate surface area is 190 Å². The average molecular weight is 430 g/mol. The van der Waals surface area contributed by atoms with Gasteiger partial charge in [0.05, 0.1) is 0 Å². The molecular weight excluding hydrogens is 398 g/mol. The van der Waals surface area contributed by atoms with Gasteiger partial charge in [0.25, 0.3) is 0 Å². The Balaban J connectivity index is 1.51. The summed E-state index contributed by atoms with van der Waals surface area (Å²) in [7, 11) is 0. The number of carbonyl (C=O) groups excluding carboxylic acids is 2. The molecule has 1 heterocycles. The largest absolute Gasteiger partial charge is 0.344 e. The fourth-order valence-electron chi connectivity index (χ4n) is 3.49. The van der Waals surface area contributed by atoms with E-state index < -0.39 is 11.5 Å². The third kappa shape index (κ3) is 6.77. The maximum Gasteiger partial charge on any atom is 0.248 e. The van der Waals surface area contributed by atoms with Gasteiger partial charge in [-0.05, 0) is 47.1 Å². The lowest BCUT2D eigenvalue weighted by Gasteiger charge is -2.30. The van der Waals surface area contributed by atoms with Crippen molar-refractivity contribution in [2.75, 3.05) is 5.32 Å². The number of aromatic nitrogens is 1. The second kappa shape index (κ2) is 10.7. The third-order valence-corrected chi connectivity index (χ3v) is 5.28. The van der Waals surface area contributed by atoms with Gasteiger partial charge in [0, 0.05) is 12.6 Å². The fourth-order valence-corrected chi connectivity index (χ4v) is 3.49. The number of hydrogen-bond acceptors (Lipinski definition) is 3. The minimum Gasteiger partial charge on any atom is -0.344 e. The molecule has 0 aliphatic heterocycles. The Morgan fingerprint density at radius 1 is 0.875 bits per heavy atom. The van der Waals surface area contributed by atoms with Crippen molar-refractivity contribution in [3.63, 3.8) is 0 Å². The van der Waals surface area contributed by atoms with Crippen molar-refractivity contribution in [3.05, 3.63) is 84.6 Å². The normalized spacial score (nSPS) is 12.1. The van der Waals surface area contributed by atoms with Crippen LogP contribution in [0, 0.1) is 5.41 Å². The zero-order valence-corrected chi connectivity index (χ0v) is 19.0. The van der Waals surface area contributed by atoms with Crippen LogP contribution in [0.25, 0.3) is 11.1 Å². The summed E-state index contributed by atoms with van der Waals surface area (Å²) in [6.45, 7) is 5.80. The predicted molar refractivity (Wildman–Crippen MR) is 129 cm³/mol. The summed E-state index contributed by atoms with van der Waals surface area (Å²) in [6, 6.07) is 23.4. The van der Waals surface area contributed by atoms with Crippen molar-refractivity contribution in [2.45, 2.75) is 46.1 Å². The van der Waals surface area contributed by atoms with Crippen LogP contribution in [0.4, 0.5) is 5.82 Å². The molecule has 2 amide bonds. The maximum atomic E-state index is 12.8. The van der Waals surface area contributed by atoms with E-state index in [2.05, 4.69) is 52.0 Å². The van der Waals surface area contributed by atoms with Crippen LogP contribution in [0.15, 0.2) is 79.0 Å². The molecule has 0 spiro atoms. The first-order valence-electron chi connectivity index (χ1n) is 11.0. The monoisotopic (exact) mass is 429 g/mol. The van der Waals surface area contributed by atoms with Crippen LogP contribution < -0.4 is 10.6 Å². The number of pyridine rings is 1. The van der Waals surface area contributed by atoms with Crippen LogP contribution in [0.5, 0.6) is 0 Å². The van der Waals surface area contributed by atoms with Crippen molar-refractivity contribution >= 4 is 17.6 Å². The molecule has 0 unspecified atom stereocenters. The van der Waals surface area contributed by atoms with Gasteiger partial charge in [-0.25, -0.2) is 4.98 Å². The Morgan fingerprint density at radius 2 is 1.53 bits per heavy atom. The summed E-state index contributed by atoms with van der Waals surface area (Å²) in [5.41, 5.74) is 3.13. The fraction of sp³-hybridized carbons (Fsp3) is 0.296. The van der Waals surface area contributed by atoms with Crippen LogP contribution in [0.3, 0.4) is 0 Å². The van der Waals surface area contributed by atoms with E-state index in [0.29, 0.717) is 12.2 Å². The molecule has 0 bridgehead atoms. The highest BCUT2D eigenvalue weighted by atomic mass is 16.2. The van der Waals surface area contributed by atoms with Crippen molar-refractivity contribution in [3.8, 4) is 11.1 Å². The molecular formula is C27H31N3O2. The predicted octanol–water partition coefficient (Wildman–Crippen LogP) is 5.24. The standard InChI is InChI=1S/C27H31N3O2/c1-27(2,3)25(26(32)29-23-13-7-8-19-28-23)30-24(31)14-9-10-20-15-17-22(18-16-20)21-11-5-4-6-12-21/h4-8,11-13,15-19,25H,9-10,14H2,1-3H3,(H,30,31)(H,28,29,32)/t25-/m1/s1. The van der Waals surface area contributed by atoms with E-state index in [9.17, 15) is 9.59 Å². The maximum absolute atomic E-state index is 12.8. The Hall–Kier alpha value is -3.47. The molecule has 0 saturated carbocycles. The summed E-state index contributed by atoms with van der Waals surface area (Å²) < 4.78 is 0. The summed E-state index contributed by atoms with van der Waals surface area (Å²) >= 11 is 0. The van der Waals surface area contributed by atoms with Crippen molar-refractivity contribution in [2.24, 2.45) is 5.41 Å². The van der Waals surface area contributed by atoms with E-state index in [0.717, 1.165) is 12.8 Å². The minimum absolute atomic E-state index is 0.123. The van der Waals surface area contributed by atoms with Crippen LogP contribution >= 0.6 is 0 Å². The number of amides is 2.